The Hall–Kier alpha value is -5.47. The van der Waals surface area contributed by atoms with Crippen LogP contribution in [0.15, 0.2) is 67.0 Å². The Balaban J connectivity index is 0.959. The smallest absolute Gasteiger partial charge is 0.338 e. The lowest BCUT2D eigenvalue weighted by Gasteiger charge is -2.48. The lowest BCUT2D eigenvalue weighted by molar-refractivity contribution is -0.384. The van der Waals surface area contributed by atoms with Gasteiger partial charge in [-0.3, -0.25) is 19.6 Å². The van der Waals surface area contributed by atoms with Crippen molar-refractivity contribution < 1.29 is 78.4 Å². The number of carbonyl (C=O) groups is 3. The van der Waals surface area contributed by atoms with Crippen molar-refractivity contribution in [1.29, 1.82) is 0 Å². The second kappa shape index (κ2) is 25.6. The minimum atomic E-state index is -1.70. The first-order valence-electron chi connectivity index (χ1n) is 26.1. The Bertz CT molecular complexity index is 2520. The van der Waals surface area contributed by atoms with Crippen LogP contribution in [0.2, 0.25) is 0 Å². The van der Waals surface area contributed by atoms with Gasteiger partial charge in [0.1, 0.15) is 36.6 Å². The summed E-state index contributed by atoms with van der Waals surface area (Å²) < 4.78 is 41.2. The van der Waals surface area contributed by atoms with E-state index in [0.29, 0.717) is 25.9 Å². The Morgan fingerprint density at radius 3 is 2.39 bits per heavy atom. The highest BCUT2D eigenvalue weighted by Crippen LogP contribution is 2.39. The van der Waals surface area contributed by atoms with Gasteiger partial charge in [-0.1, -0.05) is 62.4 Å². The SMILES string of the molecule is C[C@@H]1O[C@@H](O[C@H]2[C@@H](O[C@@H]3O[C@H](CO)[C@H](O)[C@H](O[C@@H](CC4CCCCC4)C(=O)O)[C@H]3OC(=O)c3ccccc3)C[C@H](C(=O)NCCCc3cn(CCCn4ccc5cc([N+](=O)[O-])ccc54)nn3)C[C@@H]2C)[C@@H](O)[C@H](O)[C@@H]1O. The average molecular weight is 1050 g/mol. The summed E-state index contributed by atoms with van der Waals surface area (Å²) in [6.45, 7) is 4.06. The summed E-state index contributed by atoms with van der Waals surface area (Å²) in [4.78, 5) is 51.6. The third-order valence-electron chi connectivity index (χ3n) is 15.0. The minimum Gasteiger partial charge on any atom is -0.479 e. The molecule has 15 atom stereocenters. The van der Waals surface area contributed by atoms with Crippen LogP contribution in [0, 0.1) is 27.9 Å². The lowest BCUT2D eigenvalue weighted by atomic mass is 9.77. The van der Waals surface area contributed by atoms with E-state index in [1.807, 2.05) is 23.0 Å². The van der Waals surface area contributed by atoms with E-state index in [4.69, 9.17) is 28.4 Å². The summed E-state index contributed by atoms with van der Waals surface area (Å²) >= 11 is 0. The van der Waals surface area contributed by atoms with Crippen LogP contribution in [0.25, 0.3) is 10.9 Å². The van der Waals surface area contributed by atoms with Gasteiger partial charge in [-0.25, -0.2) is 9.59 Å². The van der Waals surface area contributed by atoms with Crippen molar-refractivity contribution >= 4 is 34.4 Å². The Morgan fingerprint density at radius 2 is 1.65 bits per heavy atom. The van der Waals surface area contributed by atoms with Crippen molar-refractivity contribution in [2.24, 2.45) is 17.8 Å². The second-order valence-electron chi connectivity index (χ2n) is 20.5. The molecule has 4 fully saturated rings. The fourth-order valence-corrected chi connectivity index (χ4v) is 10.9. The highest BCUT2D eigenvalue weighted by Gasteiger charge is 2.54. The normalized spacial score (nSPS) is 30.9. The largest absolute Gasteiger partial charge is 0.479 e. The van der Waals surface area contributed by atoms with Gasteiger partial charge in [0.2, 0.25) is 5.91 Å². The highest BCUT2D eigenvalue weighted by molar-refractivity contribution is 5.89. The molecule has 8 rings (SSSR count). The number of benzene rings is 2. The number of non-ortho nitro benzene ring substituents is 1. The number of aryl methyl sites for hydroxylation is 3. The van der Waals surface area contributed by atoms with Gasteiger partial charge in [-0.15, -0.1) is 5.10 Å². The summed E-state index contributed by atoms with van der Waals surface area (Å²) in [6, 6.07) is 14.6. The number of amides is 1. The number of rotatable bonds is 22. The summed E-state index contributed by atoms with van der Waals surface area (Å²) in [5.41, 5.74) is 1.78. The van der Waals surface area contributed by atoms with Crippen LogP contribution in [0.4, 0.5) is 5.69 Å². The summed E-state index contributed by atoms with van der Waals surface area (Å²) in [6.07, 6.45) is -8.42. The van der Waals surface area contributed by atoms with Crippen molar-refractivity contribution in [3.05, 3.63) is 88.4 Å². The number of carbonyl (C=O) groups excluding carboxylic acids is 2. The number of nitro benzene ring substituents is 1. The van der Waals surface area contributed by atoms with E-state index in [1.165, 1.54) is 25.1 Å². The molecule has 0 spiro atoms. The van der Waals surface area contributed by atoms with E-state index in [1.54, 1.807) is 41.9 Å². The standard InChI is InChI=1S/C52H70N6O17/c1-29-23-34(48(64)53-19-9-15-35-27-57(55-54-35)21-10-20-56-22-18-33-25-36(58(68)69)16-17-37(33)56)26-38(45(29)75-51-44(63)43(62)41(60)30(2)70-51)72-52-47(74-50(67)32-13-7-4-8-14-32)46(42(61)40(28-59)73-52)71-39(49(65)66)24-31-11-5-3-6-12-31/h4,7-8,13-14,16-18,22,25,27,29-31,34,38-47,51-52,59-63H,3,5-6,9-12,15,19-21,23-24,26,28H2,1-2H3,(H,53,64)(H,65,66)/t29-,30-,34+,38-,39-,40+,41+,42-,43+,44-,45+,46-,47+,51-,52+/m0/s1. The molecule has 23 nitrogen and oxygen atoms in total. The number of carboxylic acid groups (broad SMARTS) is 1. The number of nitrogens with one attached hydrogen (secondary N) is 1. The molecule has 1 amide bonds. The summed E-state index contributed by atoms with van der Waals surface area (Å²) in [7, 11) is 0. The molecule has 2 aliphatic carbocycles. The van der Waals surface area contributed by atoms with Gasteiger partial charge in [0.25, 0.3) is 5.69 Å². The molecule has 0 radical (unpaired) electrons. The first kappa shape index (κ1) is 55.8. The second-order valence-corrected chi connectivity index (χ2v) is 20.5. The van der Waals surface area contributed by atoms with Crippen LogP contribution >= 0.6 is 0 Å². The van der Waals surface area contributed by atoms with Crippen LogP contribution in [-0.4, -0.2) is 166 Å². The number of hydrogen-bond donors (Lipinski definition) is 7. The topological polar surface area (TPSA) is 319 Å². The Labute approximate surface area is 433 Å². The zero-order chi connectivity index (χ0) is 53.3. The molecule has 75 heavy (non-hydrogen) atoms. The number of fused-ring (bicyclic) bond motifs is 1. The molecule has 2 saturated heterocycles. The van der Waals surface area contributed by atoms with Crippen molar-refractivity contribution in [3.63, 3.8) is 0 Å². The van der Waals surface area contributed by atoms with Gasteiger partial charge < -0.3 is 68.9 Å². The number of hydrogen-bond acceptors (Lipinski definition) is 18. The minimum absolute atomic E-state index is 0.0284. The van der Waals surface area contributed by atoms with E-state index in [2.05, 4.69) is 15.6 Å². The third kappa shape index (κ3) is 13.7. The quantitative estimate of drug-likeness (QED) is 0.0257. The molecule has 4 aliphatic rings. The number of aliphatic hydroxyl groups is 5. The van der Waals surface area contributed by atoms with Crippen molar-refractivity contribution in [2.75, 3.05) is 13.2 Å². The number of aliphatic carboxylic acids is 1. The maximum absolute atomic E-state index is 14.1. The molecular formula is C52H70N6O17. The molecule has 2 aliphatic heterocycles. The molecule has 2 saturated carbocycles. The number of aromatic nitrogens is 4. The first-order valence-corrected chi connectivity index (χ1v) is 26.1. The fraction of sp³-hybridized carbons (Fsp3) is 0.635. The number of carboxylic acids is 1. The van der Waals surface area contributed by atoms with Gasteiger partial charge in [0.05, 0.1) is 41.1 Å². The summed E-state index contributed by atoms with van der Waals surface area (Å²) in [5, 5.41) is 88.5. The molecule has 0 bridgehead atoms. The van der Waals surface area contributed by atoms with Gasteiger partial charge in [-0.05, 0) is 81.5 Å². The fourth-order valence-electron chi connectivity index (χ4n) is 10.9. The maximum Gasteiger partial charge on any atom is 0.338 e. The van der Waals surface area contributed by atoms with Gasteiger partial charge in [-0.2, -0.15) is 0 Å². The van der Waals surface area contributed by atoms with Gasteiger partial charge in [0.15, 0.2) is 24.8 Å². The molecule has 0 unspecified atom stereocenters. The van der Waals surface area contributed by atoms with Crippen LogP contribution in [-0.2, 0) is 57.5 Å². The zero-order valence-electron chi connectivity index (χ0n) is 42.1. The molecule has 7 N–H and O–H groups in total. The lowest BCUT2D eigenvalue weighted by Crippen LogP contribution is -2.64. The molecule has 4 heterocycles. The molecule has 23 heteroatoms. The van der Waals surface area contributed by atoms with E-state index >= 15 is 0 Å². The number of aliphatic hydroxyl groups excluding tert-OH is 5. The first-order chi connectivity index (χ1) is 36.1. The Kier molecular flexibility index (Phi) is 19.0. The van der Waals surface area contributed by atoms with Crippen LogP contribution < -0.4 is 5.32 Å². The van der Waals surface area contributed by atoms with E-state index in [0.717, 1.165) is 55.1 Å². The van der Waals surface area contributed by atoms with Crippen LogP contribution in [0.1, 0.15) is 94.1 Å². The number of nitrogens with zero attached hydrogens (tertiary/aromatic N) is 5. The highest BCUT2D eigenvalue weighted by atomic mass is 16.7. The molecule has 4 aromatic rings. The molecule has 2 aromatic heterocycles. The molecular weight excluding hydrogens is 981 g/mol. The predicted octanol–water partition coefficient (Wildman–Crippen LogP) is 3.04. The monoisotopic (exact) mass is 1050 g/mol. The van der Waals surface area contributed by atoms with E-state index < -0.39 is 115 Å². The zero-order valence-corrected chi connectivity index (χ0v) is 42.1. The molecule has 410 valence electrons. The van der Waals surface area contributed by atoms with E-state index in [9.17, 15) is 55.1 Å². The van der Waals surface area contributed by atoms with Crippen LogP contribution in [0.5, 0.6) is 0 Å². The number of nitro groups is 1. The maximum atomic E-state index is 14.1. The molecule has 2 aromatic carbocycles. The van der Waals surface area contributed by atoms with Crippen molar-refractivity contribution in [3.8, 4) is 0 Å². The Morgan fingerprint density at radius 1 is 0.880 bits per heavy atom. The van der Waals surface area contributed by atoms with Crippen LogP contribution in [0.3, 0.4) is 0 Å². The van der Waals surface area contributed by atoms with Gasteiger partial charge in [0, 0.05) is 61.0 Å². The summed E-state index contributed by atoms with van der Waals surface area (Å²) in [5.74, 6) is -3.66. The van der Waals surface area contributed by atoms with E-state index in [-0.39, 0.29) is 48.9 Å². The van der Waals surface area contributed by atoms with Gasteiger partial charge >= 0.3 is 11.9 Å². The van der Waals surface area contributed by atoms with Crippen molar-refractivity contribution in [2.45, 2.75) is 177 Å². The van der Waals surface area contributed by atoms with Crippen molar-refractivity contribution in [1.82, 2.24) is 24.9 Å². The third-order valence-corrected chi connectivity index (χ3v) is 15.0. The number of ether oxygens (including phenoxy) is 6. The average Bonchev–Trinajstić information content (AvgIpc) is 4.04. The predicted molar refractivity (Wildman–Crippen MR) is 263 cm³/mol. The number of esters is 1.